The van der Waals surface area contributed by atoms with Gasteiger partial charge in [0.15, 0.2) is 11.2 Å². The zero-order chi connectivity index (χ0) is 18.1. The van der Waals surface area contributed by atoms with Gasteiger partial charge in [-0.3, -0.25) is 4.79 Å². The molecule has 0 saturated carbocycles. The van der Waals surface area contributed by atoms with Gasteiger partial charge in [-0.1, -0.05) is 11.6 Å². The van der Waals surface area contributed by atoms with Gasteiger partial charge >= 0.3 is 0 Å². The Kier molecular flexibility index (Phi) is 4.63. The molecule has 0 radical (unpaired) electrons. The Bertz CT molecular complexity index is 1030. The number of carbonyl (C=O) groups is 1. The molecular formula is C18H18ClN3O3. The highest BCUT2D eigenvalue weighted by Gasteiger charge is 2.18. The van der Waals surface area contributed by atoms with Crippen LogP contribution in [-0.2, 0) is 11.3 Å². The van der Waals surface area contributed by atoms with E-state index in [0.717, 1.165) is 6.29 Å². The number of aromatic nitrogens is 2. The second-order valence-electron chi connectivity index (χ2n) is 5.75. The fourth-order valence-electron chi connectivity index (χ4n) is 2.85. The second kappa shape index (κ2) is 6.72. The highest BCUT2D eigenvalue weighted by molar-refractivity contribution is 6.33. The molecule has 0 amide bonds. The van der Waals surface area contributed by atoms with Crippen molar-refractivity contribution in [1.29, 1.82) is 0 Å². The Morgan fingerprint density at radius 1 is 1.24 bits per heavy atom. The van der Waals surface area contributed by atoms with Gasteiger partial charge in [0.05, 0.1) is 34.5 Å². The molecule has 0 aliphatic carbocycles. The normalized spacial score (nSPS) is 11.0. The van der Waals surface area contributed by atoms with Crippen LogP contribution in [0.3, 0.4) is 0 Å². The summed E-state index contributed by atoms with van der Waals surface area (Å²) < 4.78 is 7.36. The Balaban J connectivity index is 2.56. The molecule has 0 spiro atoms. The number of benzene rings is 1. The van der Waals surface area contributed by atoms with Crippen LogP contribution >= 0.6 is 11.6 Å². The van der Waals surface area contributed by atoms with Crippen molar-refractivity contribution in [3.05, 3.63) is 39.5 Å². The van der Waals surface area contributed by atoms with E-state index in [9.17, 15) is 9.59 Å². The van der Waals surface area contributed by atoms with Crippen LogP contribution in [0, 0.1) is 0 Å². The predicted molar refractivity (Wildman–Crippen MR) is 100 cm³/mol. The summed E-state index contributed by atoms with van der Waals surface area (Å²) in [5.74, 6) is 1.07. The van der Waals surface area contributed by atoms with Crippen LogP contribution in [0.2, 0.25) is 5.02 Å². The molecule has 0 N–H and O–H groups in total. The third kappa shape index (κ3) is 2.82. The summed E-state index contributed by atoms with van der Waals surface area (Å²) in [7, 11) is 3.72. The molecule has 3 rings (SSSR count). The average Bonchev–Trinajstić information content (AvgIpc) is 2.60. The van der Waals surface area contributed by atoms with Crippen molar-refractivity contribution in [2.24, 2.45) is 0 Å². The molecule has 0 fully saturated rings. The number of carbonyl (C=O) groups excluding carboxylic acids is 1. The van der Waals surface area contributed by atoms with Crippen molar-refractivity contribution in [1.82, 2.24) is 9.55 Å². The molecule has 130 valence electrons. The Morgan fingerprint density at radius 3 is 2.60 bits per heavy atom. The lowest BCUT2D eigenvalue weighted by Crippen LogP contribution is -2.17. The topological polar surface area (TPSA) is 64.4 Å². The predicted octanol–water partition coefficient (Wildman–Crippen LogP) is 2.87. The third-order valence-electron chi connectivity index (χ3n) is 3.96. The summed E-state index contributed by atoms with van der Waals surface area (Å²) in [5.41, 5.74) is 0.754. The summed E-state index contributed by atoms with van der Waals surface area (Å²) >= 11 is 6.28. The Labute approximate surface area is 149 Å². The lowest BCUT2D eigenvalue weighted by molar-refractivity contribution is -0.108. The quantitative estimate of drug-likeness (QED) is 0.517. The first-order valence-electron chi connectivity index (χ1n) is 7.89. The van der Waals surface area contributed by atoms with E-state index in [1.165, 1.54) is 0 Å². The highest BCUT2D eigenvalue weighted by Crippen LogP contribution is 2.34. The van der Waals surface area contributed by atoms with Crippen LogP contribution < -0.4 is 15.1 Å². The lowest BCUT2D eigenvalue weighted by atomic mass is 10.1. The molecule has 6 nitrogen and oxygen atoms in total. The van der Waals surface area contributed by atoms with Gasteiger partial charge in [-0.25, -0.2) is 4.98 Å². The van der Waals surface area contributed by atoms with Crippen LogP contribution in [0.15, 0.2) is 29.1 Å². The maximum Gasteiger partial charge on any atom is 0.199 e. The number of rotatable bonds is 5. The molecule has 0 atom stereocenters. The largest absolute Gasteiger partial charge is 0.490 e. The smallest absolute Gasteiger partial charge is 0.199 e. The minimum Gasteiger partial charge on any atom is -0.490 e. The standard InChI is InChI=1S/C18H18ClN3O3/c1-4-25-17-13(19)7-5-11-15(17)22(9-10-23)18-12(16(11)24)6-8-14(20-18)21(2)3/h5-8,10H,4,9H2,1-3H3. The van der Waals surface area contributed by atoms with E-state index in [0.29, 0.717) is 45.1 Å². The molecule has 0 bridgehead atoms. The fourth-order valence-corrected chi connectivity index (χ4v) is 3.06. The maximum atomic E-state index is 12.9. The molecule has 0 aliphatic heterocycles. The number of pyridine rings is 2. The molecule has 7 heteroatoms. The van der Waals surface area contributed by atoms with E-state index in [1.54, 1.807) is 28.8 Å². The molecule has 0 saturated heterocycles. The zero-order valence-corrected chi connectivity index (χ0v) is 15.0. The fraction of sp³-hybridized carbons (Fsp3) is 0.278. The number of halogens is 1. The maximum absolute atomic E-state index is 12.9. The number of anilines is 1. The summed E-state index contributed by atoms with van der Waals surface area (Å²) in [5, 5.41) is 1.28. The molecule has 2 heterocycles. The number of fused-ring (bicyclic) bond motifs is 2. The van der Waals surface area contributed by atoms with Crippen LogP contribution in [-0.4, -0.2) is 36.5 Å². The van der Waals surface area contributed by atoms with Crippen molar-refractivity contribution in [3.63, 3.8) is 0 Å². The van der Waals surface area contributed by atoms with Crippen LogP contribution in [0.25, 0.3) is 21.9 Å². The van der Waals surface area contributed by atoms with Crippen molar-refractivity contribution in [2.45, 2.75) is 13.5 Å². The Hall–Kier alpha value is -2.60. The van der Waals surface area contributed by atoms with Gasteiger partial charge < -0.3 is 19.0 Å². The number of aldehydes is 1. The summed E-state index contributed by atoms with van der Waals surface area (Å²) in [6.07, 6.45) is 0.768. The Morgan fingerprint density at radius 2 is 1.96 bits per heavy atom. The molecule has 0 aliphatic rings. The van der Waals surface area contributed by atoms with Gasteiger partial charge in [0.25, 0.3) is 0 Å². The number of hydrogen-bond donors (Lipinski definition) is 0. The van der Waals surface area contributed by atoms with Gasteiger partial charge in [0, 0.05) is 14.1 Å². The first-order chi connectivity index (χ1) is 12.0. The van der Waals surface area contributed by atoms with E-state index in [2.05, 4.69) is 4.98 Å². The van der Waals surface area contributed by atoms with Crippen molar-refractivity contribution >= 4 is 45.6 Å². The van der Waals surface area contributed by atoms with E-state index < -0.39 is 0 Å². The van der Waals surface area contributed by atoms with Crippen molar-refractivity contribution < 1.29 is 9.53 Å². The molecule has 0 unspecified atom stereocenters. The molecule has 2 aromatic heterocycles. The second-order valence-corrected chi connectivity index (χ2v) is 6.15. The van der Waals surface area contributed by atoms with Gasteiger partial charge in [-0.15, -0.1) is 0 Å². The minimum absolute atomic E-state index is 0.0393. The van der Waals surface area contributed by atoms with Gasteiger partial charge in [-0.2, -0.15) is 0 Å². The zero-order valence-electron chi connectivity index (χ0n) is 14.2. The highest BCUT2D eigenvalue weighted by atomic mass is 35.5. The first kappa shape index (κ1) is 17.2. The molecule has 1 aromatic carbocycles. The number of ether oxygens (including phenoxy) is 1. The SMILES string of the molecule is CCOc1c(Cl)ccc2c(=O)c3ccc(N(C)C)nc3n(CC=O)c12. The van der Waals surface area contributed by atoms with Gasteiger partial charge in [0.2, 0.25) is 0 Å². The monoisotopic (exact) mass is 359 g/mol. The van der Waals surface area contributed by atoms with Gasteiger partial charge in [-0.05, 0) is 31.2 Å². The molecule has 3 aromatic rings. The van der Waals surface area contributed by atoms with Crippen molar-refractivity contribution in [2.75, 3.05) is 25.6 Å². The number of hydrogen-bond acceptors (Lipinski definition) is 5. The molecular weight excluding hydrogens is 342 g/mol. The van der Waals surface area contributed by atoms with E-state index >= 15 is 0 Å². The lowest BCUT2D eigenvalue weighted by Gasteiger charge is -2.18. The summed E-state index contributed by atoms with van der Waals surface area (Å²) in [6.45, 7) is 2.26. The van der Waals surface area contributed by atoms with E-state index in [1.807, 2.05) is 25.9 Å². The number of nitrogens with zero attached hydrogens (tertiary/aromatic N) is 3. The average molecular weight is 360 g/mol. The first-order valence-corrected chi connectivity index (χ1v) is 8.26. The van der Waals surface area contributed by atoms with Crippen molar-refractivity contribution in [3.8, 4) is 5.75 Å². The summed E-state index contributed by atoms with van der Waals surface area (Å²) in [4.78, 5) is 30.6. The third-order valence-corrected chi connectivity index (χ3v) is 4.26. The van der Waals surface area contributed by atoms with E-state index in [4.69, 9.17) is 16.3 Å². The van der Waals surface area contributed by atoms with Crippen LogP contribution in [0.5, 0.6) is 5.75 Å². The summed E-state index contributed by atoms with van der Waals surface area (Å²) in [6, 6.07) is 6.80. The van der Waals surface area contributed by atoms with E-state index in [-0.39, 0.29) is 12.0 Å². The minimum atomic E-state index is -0.164. The van der Waals surface area contributed by atoms with Crippen LogP contribution in [0.4, 0.5) is 5.82 Å². The van der Waals surface area contributed by atoms with Crippen LogP contribution in [0.1, 0.15) is 6.92 Å². The molecule has 25 heavy (non-hydrogen) atoms. The van der Waals surface area contributed by atoms with Gasteiger partial charge in [0.1, 0.15) is 17.8 Å².